The number of nitrogens with two attached hydrogens (primary N) is 1. The van der Waals surface area contributed by atoms with Crippen molar-refractivity contribution in [3.63, 3.8) is 0 Å². The first-order chi connectivity index (χ1) is 9.76. The van der Waals surface area contributed by atoms with Crippen molar-refractivity contribution in [3.8, 4) is 21.7 Å². The number of nitrogens with zero attached hydrogens (tertiary/aromatic N) is 3. The predicted octanol–water partition coefficient (Wildman–Crippen LogP) is 3.41. The molecule has 0 spiro atoms. The van der Waals surface area contributed by atoms with Crippen molar-refractivity contribution >= 4 is 17.3 Å². The summed E-state index contributed by atoms with van der Waals surface area (Å²) >= 11 is 1.73. The summed E-state index contributed by atoms with van der Waals surface area (Å²) in [6.07, 6.45) is 4.58. The van der Waals surface area contributed by atoms with E-state index >= 15 is 0 Å². The zero-order valence-corrected chi connectivity index (χ0v) is 11.9. The Morgan fingerprint density at radius 1 is 1.05 bits per heavy atom. The smallest absolute Gasteiger partial charge is 0.220 e. The van der Waals surface area contributed by atoms with Crippen LogP contribution in [0.2, 0.25) is 0 Å². The van der Waals surface area contributed by atoms with Gasteiger partial charge in [0.1, 0.15) is 0 Å². The molecular formula is C15H14N4S. The van der Waals surface area contributed by atoms with Gasteiger partial charge in [0.05, 0.1) is 15.6 Å². The van der Waals surface area contributed by atoms with Gasteiger partial charge in [0.25, 0.3) is 0 Å². The number of anilines is 1. The quantitative estimate of drug-likeness (QED) is 0.799. The number of rotatable bonds is 3. The van der Waals surface area contributed by atoms with Crippen LogP contribution >= 0.6 is 11.3 Å². The lowest BCUT2D eigenvalue weighted by atomic mass is 10.1. The average molecular weight is 282 g/mol. The second-order valence-electron chi connectivity index (χ2n) is 4.35. The molecule has 0 radical (unpaired) electrons. The van der Waals surface area contributed by atoms with Gasteiger partial charge in [-0.3, -0.25) is 0 Å². The second kappa shape index (κ2) is 5.38. The lowest BCUT2D eigenvalue weighted by Crippen LogP contribution is -1.94. The van der Waals surface area contributed by atoms with Gasteiger partial charge in [0, 0.05) is 18.0 Å². The van der Waals surface area contributed by atoms with E-state index in [0.717, 1.165) is 22.7 Å². The van der Waals surface area contributed by atoms with Crippen LogP contribution in [0.5, 0.6) is 0 Å². The van der Waals surface area contributed by atoms with Crippen LogP contribution in [0.3, 0.4) is 0 Å². The topological polar surface area (TPSA) is 64.7 Å². The molecule has 0 bridgehead atoms. The minimum Gasteiger partial charge on any atom is -0.368 e. The molecule has 0 unspecified atom stereocenters. The largest absolute Gasteiger partial charge is 0.368 e. The molecule has 2 N–H and O–H groups in total. The van der Waals surface area contributed by atoms with Crippen LogP contribution < -0.4 is 5.73 Å². The summed E-state index contributed by atoms with van der Waals surface area (Å²) in [6.45, 7) is 2.12. The number of benzene rings is 1. The van der Waals surface area contributed by atoms with Crippen molar-refractivity contribution in [1.82, 2.24) is 15.0 Å². The Hall–Kier alpha value is -2.27. The lowest BCUT2D eigenvalue weighted by Gasteiger charge is -2.02. The Labute approximate surface area is 121 Å². The van der Waals surface area contributed by atoms with E-state index in [-0.39, 0.29) is 0 Å². The van der Waals surface area contributed by atoms with Crippen LogP contribution in [0.25, 0.3) is 21.7 Å². The fourth-order valence-corrected chi connectivity index (χ4v) is 2.81. The van der Waals surface area contributed by atoms with Gasteiger partial charge >= 0.3 is 0 Å². The van der Waals surface area contributed by atoms with E-state index in [9.17, 15) is 0 Å². The Morgan fingerprint density at radius 3 is 2.45 bits per heavy atom. The van der Waals surface area contributed by atoms with Crippen molar-refractivity contribution in [2.75, 3.05) is 5.73 Å². The molecule has 1 aromatic carbocycles. The highest BCUT2D eigenvalue weighted by Gasteiger charge is 2.05. The van der Waals surface area contributed by atoms with E-state index in [1.807, 2.05) is 24.4 Å². The number of aromatic nitrogens is 3. The maximum absolute atomic E-state index is 5.61. The molecule has 2 aromatic heterocycles. The first-order valence-electron chi connectivity index (χ1n) is 6.40. The normalized spacial score (nSPS) is 10.7. The van der Waals surface area contributed by atoms with Crippen LogP contribution in [0.4, 0.5) is 5.95 Å². The summed E-state index contributed by atoms with van der Waals surface area (Å²) < 4.78 is 0. The van der Waals surface area contributed by atoms with Crippen molar-refractivity contribution in [2.24, 2.45) is 0 Å². The number of hydrogen-bond acceptors (Lipinski definition) is 5. The molecule has 0 aliphatic carbocycles. The highest BCUT2D eigenvalue weighted by molar-refractivity contribution is 7.15. The summed E-state index contributed by atoms with van der Waals surface area (Å²) in [5.74, 6) is 0.293. The molecule has 0 saturated heterocycles. The van der Waals surface area contributed by atoms with E-state index in [1.165, 1.54) is 10.4 Å². The molecule has 0 aliphatic heterocycles. The highest BCUT2D eigenvalue weighted by atomic mass is 32.1. The standard InChI is InChI=1S/C15H14N4S/c1-2-14-18-9-13(20-14)11-5-3-10(4-6-11)12-7-8-17-15(16)19-12/h3-9H,2H2,1H3,(H2,16,17,19). The highest BCUT2D eigenvalue weighted by Crippen LogP contribution is 2.28. The lowest BCUT2D eigenvalue weighted by molar-refractivity contribution is 1.09. The molecule has 0 saturated carbocycles. The molecule has 20 heavy (non-hydrogen) atoms. The van der Waals surface area contributed by atoms with Crippen LogP contribution in [-0.4, -0.2) is 15.0 Å². The van der Waals surface area contributed by atoms with Gasteiger partial charge in [0.15, 0.2) is 0 Å². The molecular weight excluding hydrogens is 268 g/mol. The van der Waals surface area contributed by atoms with Gasteiger partial charge < -0.3 is 5.73 Å². The summed E-state index contributed by atoms with van der Waals surface area (Å²) in [7, 11) is 0. The SMILES string of the molecule is CCc1ncc(-c2ccc(-c3ccnc(N)n3)cc2)s1. The maximum Gasteiger partial charge on any atom is 0.220 e. The third kappa shape index (κ3) is 2.53. The van der Waals surface area contributed by atoms with Gasteiger partial charge in [-0.25, -0.2) is 15.0 Å². The molecule has 100 valence electrons. The first kappa shape index (κ1) is 12.7. The van der Waals surface area contributed by atoms with Crippen LogP contribution in [0, 0.1) is 0 Å². The third-order valence-corrected chi connectivity index (χ3v) is 4.19. The van der Waals surface area contributed by atoms with Crippen molar-refractivity contribution < 1.29 is 0 Å². The van der Waals surface area contributed by atoms with E-state index in [1.54, 1.807) is 17.5 Å². The Balaban J connectivity index is 1.91. The van der Waals surface area contributed by atoms with Gasteiger partial charge in [-0.15, -0.1) is 11.3 Å². The molecule has 5 heteroatoms. The third-order valence-electron chi connectivity index (χ3n) is 3.00. The van der Waals surface area contributed by atoms with Gasteiger partial charge in [-0.05, 0) is 18.1 Å². The summed E-state index contributed by atoms with van der Waals surface area (Å²) in [6, 6.07) is 10.1. The van der Waals surface area contributed by atoms with Gasteiger partial charge in [-0.2, -0.15) is 0 Å². The van der Waals surface area contributed by atoms with E-state index in [4.69, 9.17) is 5.73 Å². The Bertz CT molecular complexity index is 719. The zero-order chi connectivity index (χ0) is 13.9. The maximum atomic E-state index is 5.61. The molecule has 0 aliphatic rings. The molecule has 0 amide bonds. The summed E-state index contributed by atoms with van der Waals surface area (Å²) in [4.78, 5) is 13.7. The molecule has 0 fully saturated rings. The minimum atomic E-state index is 0.293. The van der Waals surface area contributed by atoms with Crippen LogP contribution in [0.15, 0.2) is 42.7 Å². The number of nitrogen functional groups attached to an aromatic ring is 1. The molecule has 3 aromatic rings. The monoisotopic (exact) mass is 282 g/mol. The zero-order valence-electron chi connectivity index (χ0n) is 11.1. The van der Waals surface area contributed by atoms with Crippen LogP contribution in [-0.2, 0) is 6.42 Å². The van der Waals surface area contributed by atoms with Crippen LogP contribution in [0.1, 0.15) is 11.9 Å². The second-order valence-corrected chi connectivity index (χ2v) is 5.46. The summed E-state index contributed by atoms with van der Waals surface area (Å²) in [5.41, 5.74) is 8.65. The molecule has 4 nitrogen and oxygen atoms in total. The molecule has 3 rings (SSSR count). The van der Waals surface area contributed by atoms with E-state index < -0.39 is 0 Å². The fourth-order valence-electron chi connectivity index (χ4n) is 1.95. The number of aryl methyl sites for hydroxylation is 1. The molecule has 0 atom stereocenters. The predicted molar refractivity (Wildman–Crippen MR) is 82.4 cm³/mol. The van der Waals surface area contributed by atoms with Gasteiger partial charge in [-0.1, -0.05) is 31.2 Å². The number of thiazole rings is 1. The number of hydrogen-bond donors (Lipinski definition) is 1. The fraction of sp³-hybridized carbons (Fsp3) is 0.133. The molecule has 2 heterocycles. The van der Waals surface area contributed by atoms with Crippen molar-refractivity contribution in [3.05, 3.63) is 47.7 Å². The Morgan fingerprint density at radius 2 is 1.80 bits per heavy atom. The average Bonchev–Trinajstić information content (AvgIpc) is 2.96. The Kier molecular flexibility index (Phi) is 3.43. The van der Waals surface area contributed by atoms with E-state index in [0.29, 0.717) is 5.95 Å². The van der Waals surface area contributed by atoms with Gasteiger partial charge in [0.2, 0.25) is 5.95 Å². The summed E-state index contributed by atoms with van der Waals surface area (Å²) in [5, 5.41) is 1.16. The van der Waals surface area contributed by atoms with Crippen molar-refractivity contribution in [1.29, 1.82) is 0 Å². The first-order valence-corrected chi connectivity index (χ1v) is 7.22. The van der Waals surface area contributed by atoms with E-state index in [2.05, 4.69) is 34.0 Å². The van der Waals surface area contributed by atoms with Crippen molar-refractivity contribution in [2.45, 2.75) is 13.3 Å². The minimum absolute atomic E-state index is 0.293.